The third-order valence-electron chi connectivity index (χ3n) is 2.57. The zero-order chi connectivity index (χ0) is 15.6. The molecule has 0 spiro atoms. The summed E-state index contributed by atoms with van der Waals surface area (Å²) in [5.74, 6) is -1.50. The summed E-state index contributed by atoms with van der Waals surface area (Å²) in [7, 11) is 0. The number of anilines is 1. The van der Waals surface area contributed by atoms with Crippen LogP contribution < -0.4 is 10.5 Å². The van der Waals surface area contributed by atoms with Crippen molar-refractivity contribution in [3.05, 3.63) is 35.9 Å². The van der Waals surface area contributed by atoms with Gasteiger partial charge in [-0.15, -0.1) is 0 Å². The van der Waals surface area contributed by atoms with E-state index in [4.69, 9.17) is 15.6 Å². The molecule has 0 fully saturated rings. The van der Waals surface area contributed by atoms with Crippen molar-refractivity contribution in [1.29, 1.82) is 0 Å². The van der Waals surface area contributed by atoms with Crippen LogP contribution >= 0.6 is 0 Å². The van der Waals surface area contributed by atoms with Crippen molar-refractivity contribution in [2.45, 2.75) is 20.0 Å². The van der Waals surface area contributed by atoms with Gasteiger partial charge in [0.15, 0.2) is 11.5 Å². The van der Waals surface area contributed by atoms with Gasteiger partial charge < -0.3 is 15.6 Å². The van der Waals surface area contributed by atoms with Gasteiger partial charge in [-0.3, -0.25) is 0 Å². The van der Waals surface area contributed by atoms with Crippen LogP contribution in [0, 0.1) is 5.82 Å². The molecule has 1 heterocycles. The molecule has 110 valence electrons. The number of rotatable bonds is 4. The molecule has 0 atom stereocenters. The van der Waals surface area contributed by atoms with E-state index in [2.05, 4.69) is 9.97 Å². The summed E-state index contributed by atoms with van der Waals surface area (Å²) in [4.78, 5) is 18.7. The van der Waals surface area contributed by atoms with Gasteiger partial charge in [-0.1, -0.05) is 0 Å². The van der Waals surface area contributed by atoms with Crippen molar-refractivity contribution < 1.29 is 19.0 Å². The predicted molar refractivity (Wildman–Crippen MR) is 74.6 cm³/mol. The maximum Gasteiger partial charge on any atom is 0.356 e. The maximum atomic E-state index is 13.9. The average Bonchev–Trinajstić information content (AvgIpc) is 2.41. The van der Waals surface area contributed by atoms with Crippen LogP contribution in [0.1, 0.15) is 24.3 Å². The number of carboxylic acids is 1. The number of benzene rings is 1. The quantitative estimate of drug-likeness (QED) is 0.897. The molecule has 0 unspecified atom stereocenters. The lowest BCUT2D eigenvalue weighted by molar-refractivity contribution is 0.0691. The zero-order valence-corrected chi connectivity index (χ0v) is 11.5. The van der Waals surface area contributed by atoms with Gasteiger partial charge >= 0.3 is 5.97 Å². The number of halogens is 1. The molecule has 0 aliphatic heterocycles. The molecule has 0 amide bonds. The first-order valence-corrected chi connectivity index (χ1v) is 6.21. The molecule has 0 saturated carbocycles. The molecule has 0 radical (unpaired) electrons. The van der Waals surface area contributed by atoms with E-state index < -0.39 is 11.8 Å². The highest BCUT2D eigenvalue weighted by atomic mass is 19.1. The van der Waals surface area contributed by atoms with E-state index in [1.54, 1.807) is 0 Å². The standard InChI is InChI=1S/C14H14FN3O3/c1-7(2)21-8-3-4-10(15)9(5-8)13-17-6-11(16)12(18-13)14(19)20/h3-7H,16H2,1-2H3,(H,19,20). The summed E-state index contributed by atoms with van der Waals surface area (Å²) >= 11 is 0. The van der Waals surface area contributed by atoms with Crippen LogP contribution in [0.2, 0.25) is 0 Å². The van der Waals surface area contributed by atoms with Gasteiger partial charge in [0, 0.05) is 0 Å². The molecule has 0 aliphatic rings. The molecule has 3 N–H and O–H groups in total. The van der Waals surface area contributed by atoms with Gasteiger partial charge in [0.1, 0.15) is 11.6 Å². The first-order chi connectivity index (χ1) is 9.88. The number of hydrogen-bond donors (Lipinski definition) is 2. The van der Waals surface area contributed by atoms with E-state index in [1.165, 1.54) is 18.2 Å². The highest BCUT2D eigenvalue weighted by Crippen LogP contribution is 2.26. The van der Waals surface area contributed by atoms with Crippen LogP contribution in [0.15, 0.2) is 24.4 Å². The largest absolute Gasteiger partial charge is 0.491 e. The molecule has 2 aromatic rings. The van der Waals surface area contributed by atoms with Gasteiger partial charge in [-0.25, -0.2) is 19.2 Å². The lowest BCUT2D eigenvalue weighted by Gasteiger charge is -2.11. The molecule has 7 heteroatoms. The van der Waals surface area contributed by atoms with Gasteiger partial charge in [0.25, 0.3) is 0 Å². The van der Waals surface area contributed by atoms with Gasteiger partial charge in [0.05, 0.1) is 23.6 Å². The van der Waals surface area contributed by atoms with Crippen molar-refractivity contribution in [3.63, 3.8) is 0 Å². The SMILES string of the molecule is CC(C)Oc1ccc(F)c(-c2ncc(N)c(C(=O)O)n2)c1. The van der Waals surface area contributed by atoms with Gasteiger partial charge in [-0.2, -0.15) is 0 Å². The second-order valence-corrected chi connectivity index (χ2v) is 4.61. The third-order valence-corrected chi connectivity index (χ3v) is 2.57. The summed E-state index contributed by atoms with van der Waals surface area (Å²) in [6.45, 7) is 3.68. The second-order valence-electron chi connectivity index (χ2n) is 4.61. The van der Waals surface area contributed by atoms with E-state index in [0.717, 1.165) is 6.20 Å². The fourth-order valence-electron chi connectivity index (χ4n) is 1.71. The fourth-order valence-corrected chi connectivity index (χ4v) is 1.71. The van der Waals surface area contributed by atoms with E-state index in [1.807, 2.05) is 13.8 Å². The minimum Gasteiger partial charge on any atom is -0.491 e. The summed E-state index contributed by atoms with van der Waals surface area (Å²) in [5.41, 5.74) is 5.08. The Morgan fingerprint density at radius 2 is 2.14 bits per heavy atom. The normalized spacial score (nSPS) is 10.7. The van der Waals surface area contributed by atoms with E-state index >= 15 is 0 Å². The average molecular weight is 291 g/mol. The van der Waals surface area contributed by atoms with Crippen LogP contribution in [0.3, 0.4) is 0 Å². The Balaban J connectivity index is 2.50. The van der Waals surface area contributed by atoms with Crippen LogP contribution in [0.4, 0.5) is 10.1 Å². The molecule has 21 heavy (non-hydrogen) atoms. The summed E-state index contributed by atoms with van der Waals surface area (Å²) in [6.07, 6.45) is 1.06. The Bertz CT molecular complexity index is 689. The number of aromatic carboxylic acids is 1. The summed E-state index contributed by atoms with van der Waals surface area (Å²) < 4.78 is 19.4. The molecule has 1 aromatic carbocycles. The number of carboxylic acid groups (broad SMARTS) is 1. The fraction of sp³-hybridized carbons (Fsp3) is 0.214. The summed E-state index contributed by atoms with van der Waals surface area (Å²) in [6, 6.07) is 4.12. The first-order valence-electron chi connectivity index (χ1n) is 6.21. The third kappa shape index (κ3) is 3.25. The van der Waals surface area contributed by atoms with E-state index in [-0.39, 0.29) is 28.9 Å². The topological polar surface area (TPSA) is 98.3 Å². The predicted octanol–water partition coefficient (Wildman–Crippen LogP) is 2.35. The Hall–Kier alpha value is -2.70. The van der Waals surface area contributed by atoms with Crippen LogP contribution in [0.5, 0.6) is 5.75 Å². The number of nitrogens with two attached hydrogens (primary N) is 1. The minimum atomic E-state index is -1.30. The highest BCUT2D eigenvalue weighted by Gasteiger charge is 2.16. The molecular weight excluding hydrogens is 277 g/mol. The smallest absolute Gasteiger partial charge is 0.356 e. The molecule has 0 bridgehead atoms. The van der Waals surface area contributed by atoms with Crippen molar-refractivity contribution in [1.82, 2.24) is 9.97 Å². The van der Waals surface area contributed by atoms with Crippen LogP contribution in [-0.4, -0.2) is 27.1 Å². The Morgan fingerprint density at radius 3 is 2.76 bits per heavy atom. The lowest BCUT2D eigenvalue weighted by Crippen LogP contribution is -2.09. The number of nitrogens with zero attached hydrogens (tertiary/aromatic N) is 2. The number of ether oxygens (including phenoxy) is 1. The lowest BCUT2D eigenvalue weighted by atomic mass is 10.1. The Labute approximate surface area is 120 Å². The van der Waals surface area contributed by atoms with Crippen molar-refractivity contribution in [2.24, 2.45) is 0 Å². The summed E-state index contributed by atoms with van der Waals surface area (Å²) in [5, 5.41) is 8.99. The number of nitrogen functional groups attached to an aromatic ring is 1. The number of hydrogen-bond acceptors (Lipinski definition) is 5. The molecule has 1 aromatic heterocycles. The Kier molecular flexibility index (Phi) is 4.02. The molecular formula is C14H14FN3O3. The van der Waals surface area contributed by atoms with Crippen LogP contribution in [0.25, 0.3) is 11.4 Å². The zero-order valence-electron chi connectivity index (χ0n) is 11.5. The second kappa shape index (κ2) is 5.74. The molecule has 6 nitrogen and oxygen atoms in total. The molecule has 2 rings (SSSR count). The molecule has 0 aliphatic carbocycles. The van der Waals surface area contributed by atoms with Crippen LogP contribution in [-0.2, 0) is 0 Å². The number of carbonyl (C=O) groups is 1. The van der Waals surface area contributed by atoms with Crippen molar-refractivity contribution in [3.8, 4) is 17.1 Å². The Morgan fingerprint density at radius 1 is 1.43 bits per heavy atom. The van der Waals surface area contributed by atoms with E-state index in [0.29, 0.717) is 5.75 Å². The van der Waals surface area contributed by atoms with Gasteiger partial charge in [0.2, 0.25) is 0 Å². The van der Waals surface area contributed by atoms with Crippen molar-refractivity contribution >= 4 is 11.7 Å². The maximum absolute atomic E-state index is 13.9. The first kappa shape index (κ1) is 14.7. The van der Waals surface area contributed by atoms with Gasteiger partial charge in [-0.05, 0) is 32.0 Å². The number of aromatic nitrogens is 2. The highest BCUT2D eigenvalue weighted by molar-refractivity contribution is 5.91. The van der Waals surface area contributed by atoms with Crippen molar-refractivity contribution in [2.75, 3.05) is 5.73 Å². The van der Waals surface area contributed by atoms with E-state index in [9.17, 15) is 9.18 Å². The monoisotopic (exact) mass is 291 g/mol. The minimum absolute atomic E-state index is 0.0515. The molecule has 0 saturated heterocycles.